The lowest BCUT2D eigenvalue weighted by Crippen LogP contribution is -2.34. The molecule has 1 aromatic carbocycles. The molecule has 1 aliphatic rings. The molecule has 4 nitrogen and oxygen atoms in total. The molecule has 1 saturated heterocycles. The predicted octanol–water partition coefficient (Wildman–Crippen LogP) is 1.61. The third kappa shape index (κ3) is 1.66. The van der Waals surface area contributed by atoms with Gasteiger partial charge in [-0.25, -0.2) is 0 Å². The fraction of sp³-hybridized carbons (Fsp3) is 0.286. The largest absolute Gasteiger partial charge is 0.320 e. The summed E-state index contributed by atoms with van der Waals surface area (Å²) in [5.74, 6) is -0.00851. The van der Waals surface area contributed by atoms with E-state index in [0.29, 0.717) is 13.0 Å². The quantitative estimate of drug-likeness (QED) is 0.825. The Morgan fingerprint density at radius 2 is 2.17 bits per heavy atom. The van der Waals surface area contributed by atoms with Gasteiger partial charge >= 0.3 is 0 Å². The van der Waals surface area contributed by atoms with Crippen molar-refractivity contribution in [1.29, 1.82) is 0 Å². The summed E-state index contributed by atoms with van der Waals surface area (Å²) in [6, 6.07) is 9.53. The highest BCUT2D eigenvalue weighted by Gasteiger charge is 2.30. The molecular weight excluding hydrogens is 226 g/mol. The zero-order chi connectivity index (χ0) is 12.7. The van der Waals surface area contributed by atoms with Crippen molar-refractivity contribution in [2.45, 2.75) is 19.4 Å². The van der Waals surface area contributed by atoms with Gasteiger partial charge in [0.1, 0.15) is 0 Å². The molecule has 1 aromatic heterocycles. The average Bonchev–Trinajstić information content (AvgIpc) is 2.69. The minimum absolute atomic E-state index is 0.00851. The Bertz CT molecular complexity index is 623. The van der Waals surface area contributed by atoms with E-state index in [9.17, 15) is 4.79 Å². The number of aryl methyl sites for hydroxylation is 1. The number of anilines is 1. The van der Waals surface area contributed by atoms with E-state index in [1.54, 1.807) is 4.90 Å². The van der Waals surface area contributed by atoms with Crippen molar-refractivity contribution in [1.82, 2.24) is 4.98 Å². The van der Waals surface area contributed by atoms with Crippen molar-refractivity contribution in [3.05, 3.63) is 36.0 Å². The van der Waals surface area contributed by atoms with Gasteiger partial charge < -0.3 is 10.6 Å². The number of hydrogen-bond donors (Lipinski definition) is 1. The number of nitrogens with two attached hydrogens (primary N) is 1. The number of carbonyl (C=O) groups is 1. The van der Waals surface area contributed by atoms with Gasteiger partial charge in [-0.2, -0.15) is 0 Å². The number of amides is 1. The van der Waals surface area contributed by atoms with E-state index in [1.165, 1.54) is 0 Å². The second-order valence-corrected chi connectivity index (χ2v) is 4.69. The molecule has 2 N–H and O–H groups in total. The Hall–Kier alpha value is -1.94. The van der Waals surface area contributed by atoms with E-state index in [2.05, 4.69) is 4.98 Å². The van der Waals surface area contributed by atoms with Crippen LogP contribution in [0, 0.1) is 6.92 Å². The van der Waals surface area contributed by atoms with E-state index < -0.39 is 0 Å². The molecule has 18 heavy (non-hydrogen) atoms. The second kappa shape index (κ2) is 4.07. The number of fused-ring (bicyclic) bond motifs is 1. The Morgan fingerprint density at radius 1 is 1.33 bits per heavy atom. The van der Waals surface area contributed by atoms with Gasteiger partial charge in [0.25, 0.3) is 0 Å². The second-order valence-electron chi connectivity index (χ2n) is 4.69. The molecule has 1 aliphatic heterocycles. The summed E-state index contributed by atoms with van der Waals surface area (Å²) in [6.45, 7) is 2.63. The van der Waals surface area contributed by atoms with E-state index in [-0.39, 0.29) is 11.9 Å². The summed E-state index contributed by atoms with van der Waals surface area (Å²) in [5.41, 5.74) is 8.46. The maximum Gasteiger partial charge on any atom is 0.244 e. The molecule has 0 saturated carbocycles. The minimum atomic E-state index is -0.370. The molecule has 1 atom stereocenters. The third-order valence-corrected chi connectivity index (χ3v) is 3.38. The van der Waals surface area contributed by atoms with Crippen LogP contribution >= 0.6 is 0 Å². The smallest absolute Gasteiger partial charge is 0.244 e. The molecule has 92 valence electrons. The number of pyridine rings is 1. The number of para-hydroxylation sites is 1. The fourth-order valence-electron chi connectivity index (χ4n) is 2.39. The first-order chi connectivity index (χ1) is 8.66. The number of carbonyl (C=O) groups excluding carboxylic acids is 1. The van der Waals surface area contributed by atoms with Gasteiger partial charge in [0.15, 0.2) is 0 Å². The van der Waals surface area contributed by atoms with Crippen LogP contribution in [-0.2, 0) is 4.79 Å². The van der Waals surface area contributed by atoms with E-state index >= 15 is 0 Å². The average molecular weight is 241 g/mol. The molecular formula is C14H15N3O. The van der Waals surface area contributed by atoms with Gasteiger partial charge in [-0.3, -0.25) is 9.78 Å². The Balaban J connectivity index is 2.17. The Labute approximate surface area is 105 Å². The van der Waals surface area contributed by atoms with E-state index in [0.717, 1.165) is 22.3 Å². The van der Waals surface area contributed by atoms with Crippen LogP contribution in [-0.4, -0.2) is 23.5 Å². The monoisotopic (exact) mass is 241 g/mol. The van der Waals surface area contributed by atoms with E-state index in [4.69, 9.17) is 5.73 Å². The predicted molar refractivity (Wildman–Crippen MR) is 71.4 cm³/mol. The van der Waals surface area contributed by atoms with Crippen molar-refractivity contribution in [3.63, 3.8) is 0 Å². The maximum absolute atomic E-state index is 12.0. The first kappa shape index (κ1) is 11.2. The highest BCUT2D eigenvalue weighted by Crippen LogP contribution is 2.28. The molecule has 1 fully saturated rings. The van der Waals surface area contributed by atoms with Gasteiger partial charge in [-0.05, 0) is 25.5 Å². The van der Waals surface area contributed by atoms with Gasteiger partial charge in [0, 0.05) is 17.6 Å². The summed E-state index contributed by atoms with van der Waals surface area (Å²) >= 11 is 0. The number of aromatic nitrogens is 1. The first-order valence-corrected chi connectivity index (χ1v) is 6.10. The zero-order valence-electron chi connectivity index (χ0n) is 10.3. The van der Waals surface area contributed by atoms with E-state index in [1.807, 2.05) is 37.3 Å². The SMILES string of the molecule is Cc1ccc2cccc(N3CCC(N)C3=O)c2n1. The van der Waals surface area contributed by atoms with Crippen LogP contribution in [0.5, 0.6) is 0 Å². The van der Waals surface area contributed by atoms with Crippen LogP contribution in [0.4, 0.5) is 5.69 Å². The summed E-state index contributed by atoms with van der Waals surface area (Å²) < 4.78 is 0. The summed E-state index contributed by atoms with van der Waals surface area (Å²) in [4.78, 5) is 18.3. The van der Waals surface area contributed by atoms with Gasteiger partial charge in [0.2, 0.25) is 5.91 Å². The molecule has 2 heterocycles. The molecule has 1 amide bonds. The highest BCUT2D eigenvalue weighted by molar-refractivity contribution is 6.05. The molecule has 3 rings (SSSR count). The topological polar surface area (TPSA) is 59.2 Å². The highest BCUT2D eigenvalue weighted by atomic mass is 16.2. The van der Waals surface area contributed by atoms with Crippen LogP contribution in [0.15, 0.2) is 30.3 Å². The number of hydrogen-bond acceptors (Lipinski definition) is 3. The zero-order valence-corrected chi connectivity index (χ0v) is 10.3. The molecule has 0 spiro atoms. The third-order valence-electron chi connectivity index (χ3n) is 3.38. The molecule has 2 aromatic rings. The lowest BCUT2D eigenvalue weighted by Gasteiger charge is -2.18. The number of rotatable bonds is 1. The van der Waals surface area contributed by atoms with Crippen molar-refractivity contribution in [2.75, 3.05) is 11.4 Å². The van der Waals surface area contributed by atoms with Crippen molar-refractivity contribution in [2.24, 2.45) is 5.73 Å². The van der Waals surface area contributed by atoms with Crippen molar-refractivity contribution in [3.8, 4) is 0 Å². The molecule has 0 bridgehead atoms. The molecule has 4 heteroatoms. The van der Waals surface area contributed by atoms with Crippen LogP contribution in [0.2, 0.25) is 0 Å². The summed E-state index contributed by atoms with van der Waals surface area (Å²) in [5, 5.41) is 1.05. The standard InChI is InChI=1S/C14H15N3O/c1-9-5-6-10-3-2-4-12(13(10)16-9)17-8-7-11(15)14(17)18/h2-6,11H,7-8,15H2,1H3. The fourth-order valence-corrected chi connectivity index (χ4v) is 2.39. The van der Waals surface area contributed by atoms with Crippen LogP contribution in [0.1, 0.15) is 12.1 Å². The molecule has 1 unspecified atom stereocenters. The Morgan fingerprint density at radius 3 is 2.89 bits per heavy atom. The lowest BCUT2D eigenvalue weighted by atomic mass is 10.1. The van der Waals surface area contributed by atoms with Crippen LogP contribution in [0.25, 0.3) is 10.9 Å². The lowest BCUT2D eigenvalue weighted by molar-refractivity contribution is -0.118. The normalized spacial score (nSPS) is 19.8. The van der Waals surface area contributed by atoms with Gasteiger partial charge in [-0.15, -0.1) is 0 Å². The Kier molecular flexibility index (Phi) is 2.52. The maximum atomic E-state index is 12.0. The molecule has 0 radical (unpaired) electrons. The van der Waals surface area contributed by atoms with Crippen molar-refractivity contribution < 1.29 is 4.79 Å². The molecule has 0 aliphatic carbocycles. The number of benzene rings is 1. The van der Waals surface area contributed by atoms with Gasteiger partial charge in [0.05, 0.1) is 17.2 Å². The van der Waals surface area contributed by atoms with Crippen molar-refractivity contribution >= 4 is 22.5 Å². The summed E-state index contributed by atoms with van der Waals surface area (Å²) in [7, 11) is 0. The number of nitrogens with zero attached hydrogens (tertiary/aromatic N) is 2. The van der Waals surface area contributed by atoms with Crippen LogP contribution in [0.3, 0.4) is 0 Å². The van der Waals surface area contributed by atoms with Gasteiger partial charge in [-0.1, -0.05) is 18.2 Å². The minimum Gasteiger partial charge on any atom is -0.320 e. The van der Waals surface area contributed by atoms with Crippen LogP contribution < -0.4 is 10.6 Å². The summed E-state index contributed by atoms with van der Waals surface area (Å²) in [6.07, 6.45) is 0.709. The first-order valence-electron chi connectivity index (χ1n) is 6.10.